The molecule has 2 aromatic heterocycles. The van der Waals surface area contributed by atoms with Crippen LogP contribution in [0.15, 0.2) is 48.8 Å². The van der Waals surface area contributed by atoms with Gasteiger partial charge in [-0.2, -0.15) is 0 Å². The van der Waals surface area contributed by atoms with E-state index in [1.807, 2.05) is 29.4 Å². The number of rotatable bonds is 11. The molecule has 0 unspecified atom stereocenters. The van der Waals surface area contributed by atoms with Crippen LogP contribution in [0.2, 0.25) is 0 Å². The van der Waals surface area contributed by atoms with Crippen molar-refractivity contribution in [3.8, 4) is 5.75 Å². The Morgan fingerprint density at radius 3 is 2.67 bits per heavy atom. The molecule has 0 aliphatic carbocycles. The number of nitrogens with two attached hydrogens (primary N) is 1. The molecule has 0 saturated heterocycles. The number of nitrogens with one attached hydrogen (secondary N) is 2. The molecule has 0 atom stereocenters. The van der Waals surface area contributed by atoms with Crippen molar-refractivity contribution < 1.29 is 27.5 Å². The Labute approximate surface area is 261 Å². The van der Waals surface area contributed by atoms with Crippen molar-refractivity contribution in [3.63, 3.8) is 0 Å². The zero-order chi connectivity index (χ0) is 32.1. The van der Waals surface area contributed by atoms with E-state index in [0.717, 1.165) is 9.87 Å². The molecule has 1 aromatic carbocycles. The van der Waals surface area contributed by atoms with Crippen molar-refractivity contribution in [1.29, 1.82) is 0 Å². The molecule has 45 heavy (non-hydrogen) atoms. The molecule has 0 radical (unpaired) electrons. The molecule has 0 bridgehead atoms. The molecule has 0 fully saturated rings. The topological polar surface area (TPSA) is 180 Å². The summed E-state index contributed by atoms with van der Waals surface area (Å²) < 4.78 is 33.1. The van der Waals surface area contributed by atoms with E-state index in [9.17, 15) is 22.8 Å². The van der Waals surface area contributed by atoms with Crippen LogP contribution in [0, 0.1) is 0 Å². The number of hydrogen-bond acceptors (Lipinski definition) is 10. The molecule has 0 saturated carbocycles. The maximum absolute atomic E-state index is 13.4. The van der Waals surface area contributed by atoms with Crippen molar-refractivity contribution in [2.75, 3.05) is 53.1 Å². The van der Waals surface area contributed by atoms with Crippen molar-refractivity contribution in [2.45, 2.75) is 32.6 Å². The lowest BCUT2D eigenvalue weighted by atomic mass is 10.1. The summed E-state index contributed by atoms with van der Waals surface area (Å²) in [7, 11) is -2.01. The van der Waals surface area contributed by atoms with Gasteiger partial charge in [0.05, 0.1) is 29.3 Å². The average molecular weight is 637 g/mol. The Kier molecular flexibility index (Phi) is 9.48. The molecule has 0 spiro atoms. The maximum atomic E-state index is 13.4. The molecule has 15 heteroatoms. The quantitative estimate of drug-likeness (QED) is 0.121. The number of carbonyl (C=O) groups excluding carboxylic acids is 3. The first-order valence-electron chi connectivity index (χ1n) is 14.7. The van der Waals surface area contributed by atoms with Crippen LogP contribution in [0.5, 0.6) is 5.75 Å². The van der Waals surface area contributed by atoms with Gasteiger partial charge in [-0.1, -0.05) is 6.07 Å². The van der Waals surface area contributed by atoms with Crippen molar-refractivity contribution in [1.82, 2.24) is 20.7 Å². The van der Waals surface area contributed by atoms with Crippen LogP contribution in [0.1, 0.15) is 41.3 Å². The summed E-state index contributed by atoms with van der Waals surface area (Å²) in [4.78, 5) is 50.0. The highest BCUT2D eigenvalue weighted by Crippen LogP contribution is 2.38. The number of hydrazine groups is 1. The van der Waals surface area contributed by atoms with Gasteiger partial charge < -0.3 is 19.9 Å². The van der Waals surface area contributed by atoms with Gasteiger partial charge in [-0.15, -0.1) is 0 Å². The van der Waals surface area contributed by atoms with Gasteiger partial charge in [0.15, 0.2) is 5.82 Å². The normalized spacial score (nSPS) is 15.0. The fourth-order valence-corrected chi connectivity index (χ4v) is 6.89. The van der Waals surface area contributed by atoms with Crippen LogP contribution in [0.25, 0.3) is 0 Å². The van der Waals surface area contributed by atoms with E-state index in [-0.39, 0.29) is 50.1 Å². The summed E-state index contributed by atoms with van der Waals surface area (Å²) >= 11 is 0. The van der Waals surface area contributed by atoms with E-state index in [2.05, 4.69) is 15.3 Å². The molecular formula is C30H36N8O6S. The van der Waals surface area contributed by atoms with Crippen molar-refractivity contribution in [3.05, 3.63) is 65.5 Å². The number of carbonyl (C=O) groups is 3. The van der Waals surface area contributed by atoms with Crippen LogP contribution in [0.4, 0.5) is 23.0 Å². The zero-order valence-electron chi connectivity index (χ0n) is 25.2. The molecule has 14 nitrogen and oxygen atoms in total. The molecule has 4 heterocycles. The molecule has 238 valence electrons. The average Bonchev–Trinajstić information content (AvgIpc) is 3.12. The number of benzene rings is 1. The van der Waals surface area contributed by atoms with Gasteiger partial charge >= 0.3 is 0 Å². The number of hydrogen-bond donors (Lipinski definition) is 3. The standard InChI is InChI=1S/C30H36N8O6S/c1-3-37-28-22(30(41)36(2)24-8-5-14-33-29(24)37)17-20(18-34-28)11-15-44-25-9-4-7-23-21(25)12-16-45(42,43)38(23)19-27(40)32-13-6-10-26(39)35-31/h4-5,7-9,14,17-18H,3,6,10-13,15-16,19,31H2,1-2H3,(H,32,40)(H,35,39). The van der Waals surface area contributed by atoms with Gasteiger partial charge in [0.1, 0.15) is 18.1 Å². The smallest absolute Gasteiger partial charge is 0.261 e. The Balaban J connectivity index is 1.28. The van der Waals surface area contributed by atoms with Gasteiger partial charge in [0.25, 0.3) is 5.91 Å². The molecule has 2 aliphatic rings. The van der Waals surface area contributed by atoms with Crippen LogP contribution >= 0.6 is 0 Å². The van der Waals surface area contributed by atoms with E-state index >= 15 is 0 Å². The van der Waals surface area contributed by atoms with E-state index in [4.69, 9.17) is 10.6 Å². The Morgan fingerprint density at radius 1 is 1.09 bits per heavy atom. The molecular weight excluding hydrogens is 600 g/mol. The van der Waals surface area contributed by atoms with E-state index in [1.165, 1.54) is 0 Å². The lowest BCUT2D eigenvalue weighted by Gasteiger charge is -2.31. The lowest BCUT2D eigenvalue weighted by Crippen LogP contribution is -2.44. The SMILES string of the molecule is CCN1c2ncc(CCOc3cccc4c3CCS(=O)(=O)N4CC(=O)NCCCC(=O)NN)cc2C(=O)N(C)c2cccnc21. The highest BCUT2D eigenvalue weighted by molar-refractivity contribution is 7.92. The minimum Gasteiger partial charge on any atom is -0.493 e. The van der Waals surface area contributed by atoms with E-state index < -0.39 is 15.9 Å². The summed E-state index contributed by atoms with van der Waals surface area (Å²) in [6.45, 7) is 2.63. The summed E-state index contributed by atoms with van der Waals surface area (Å²) in [5.41, 5.74) is 5.08. The van der Waals surface area contributed by atoms with Gasteiger partial charge in [-0.25, -0.2) is 24.2 Å². The number of fused-ring (bicyclic) bond motifs is 3. The zero-order valence-corrected chi connectivity index (χ0v) is 26.0. The Bertz CT molecular complexity index is 1720. The highest BCUT2D eigenvalue weighted by atomic mass is 32.2. The van der Waals surface area contributed by atoms with Crippen molar-refractivity contribution in [2.24, 2.45) is 5.84 Å². The predicted octanol–water partition coefficient (Wildman–Crippen LogP) is 1.42. The van der Waals surface area contributed by atoms with Crippen LogP contribution in [0.3, 0.4) is 0 Å². The molecule has 5 rings (SSSR count). The predicted molar refractivity (Wildman–Crippen MR) is 169 cm³/mol. The van der Waals surface area contributed by atoms with E-state index in [0.29, 0.717) is 59.3 Å². The van der Waals surface area contributed by atoms with Crippen LogP contribution < -0.4 is 35.4 Å². The first kappa shape index (κ1) is 31.7. The number of nitrogens with zero attached hydrogens (tertiary/aromatic N) is 5. The van der Waals surface area contributed by atoms with Gasteiger partial charge in [0.2, 0.25) is 21.8 Å². The second-order valence-corrected chi connectivity index (χ2v) is 12.6. The monoisotopic (exact) mass is 636 g/mol. The molecule has 2 aliphatic heterocycles. The number of aromatic nitrogens is 2. The summed E-state index contributed by atoms with van der Waals surface area (Å²) in [6.07, 6.45) is 4.61. The first-order chi connectivity index (χ1) is 21.6. The summed E-state index contributed by atoms with van der Waals surface area (Å²) in [5, 5.41) is 2.65. The fourth-order valence-electron chi connectivity index (χ4n) is 5.42. The molecule has 4 N–H and O–H groups in total. The Hall–Kier alpha value is -4.76. The summed E-state index contributed by atoms with van der Waals surface area (Å²) in [6, 6.07) is 10.6. The molecule has 3 aromatic rings. The largest absolute Gasteiger partial charge is 0.493 e. The van der Waals surface area contributed by atoms with E-state index in [1.54, 1.807) is 48.6 Å². The number of amides is 3. The third kappa shape index (κ3) is 6.68. The number of ether oxygens (including phenoxy) is 1. The number of anilines is 4. The van der Waals surface area contributed by atoms with Gasteiger partial charge in [0, 0.05) is 50.9 Å². The second kappa shape index (κ2) is 13.5. The van der Waals surface area contributed by atoms with Gasteiger partial charge in [-0.3, -0.25) is 24.1 Å². The Morgan fingerprint density at radius 2 is 1.89 bits per heavy atom. The first-order valence-corrected chi connectivity index (χ1v) is 16.3. The van der Waals surface area contributed by atoms with Gasteiger partial charge in [-0.05, 0) is 55.7 Å². The van der Waals surface area contributed by atoms with Crippen LogP contribution in [-0.4, -0.2) is 75.1 Å². The number of sulfonamides is 1. The van der Waals surface area contributed by atoms with Crippen LogP contribution in [-0.2, 0) is 32.5 Å². The third-order valence-electron chi connectivity index (χ3n) is 7.74. The minimum atomic E-state index is -3.72. The fraction of sp³-hybridized carbons (Fsp3) is 0.367. The highest BCUT2D eigenvalue weighted by Gasteiger charge is 2.33. The minimum absolute atomic E-state index is 0.139. The summed E-state index contributed by atoms with van der Waals surface area (Å²) in [5.74, 6) is 5.60. The number of pyridine rings is 2. The third-order valence-corrected chi connectivity index (χ3v) is 9.45. The maximum Gasteiger partial charge on any atom is 0.261 e. The molecule has 3 amide bonds. The lowest BCUT2D eigenvalue weighted by molar-refractivity contribution is -0.122. The van der Waals surface area contributed by atoms with Crippen molar-refractivity contribution >= 4 is 50.8 Å². The second-order valence-electron chi connectivity index (χ2n) is 10.6.